The molecule has 5 heteroatoms. The molecule has 0 radical (unpaired) electrons. The molecule has 1 amide bonds. The average molecular weight is 477 g/mol. The number of nitrogens with one attached hydrogen (secondary N) is 1. The predicted octanol–water partition coefficient (Wildman–Crippen LogP) is 5.84. The minimum atomic E-state index is -1.37. The second kappa shape index (κ2) is 9.80. The highest BCUT2D eigenvalue weighted by atomic mass is 16.4. The van der Waals surface area contributed by atoms with E-state index in [-0.39, 0.29) is 18.4 Å². The molecule has 36 heavy (non-hydrogen) atoms. The van der Waals surface area contributed by atoms with Gasteiger partial charge >= 0.3 is 0 Å². The average Bonchev–Trinajstić information content (AvgIpc) is 3.33. The van der Waals surface area contributed by atoms with Crippen LogP contribution < -0.4 is 5.32 Å². The van der Waals surface area contributed by atoms with E-state index in [4.69, 9.17) is 4.42 Å². The second-order valence-electron chi connectivity index (χ2n) is 9.21. The van der Waals surface area contributed by atoms with E-state index in [9.17, 15) is 9.90 Å². The molecule has 0 aliphatic heterocycles. The van der Waals surface area contributed by atoms with Gasteiger partial charge in [-0.15, -0.1) is 0 Å². The zero-order valence-electron chi connectivity index (χ0n) is 20.3. The Morgan fingerprint density at radius 3 is 2.47 bits per heavy atom. The number of nitrogens with zero attached hydrogens (tertiary/aromatic N) is 1. The van der Waals surface area contributed by atoms with Crippen LogP contribution >= 0.6 is 0 Å². The van der Waals surface area contributed by atoms with E-state index < -0.39 is 5.60 Å². The summed E-state index contributed by atoms with van der Waals surface area (Å²) in [6.45, 7) is 3.72. The smallest absolute Gasteiger partial charge is 0.225 e. The van der Waals surface area contributed by atoms with Crippen molar-refractivity contribution in [3.63, 3.8) is 0 Å². The first kappa shape index (κ1) is 23.5. The lowest BCUT2D eigenvalue weighted by molar-refractivity contribution is -0.120. The third kappa shape index (κ3) is 4.79. The molecule has 2 atom stereocenters. The Labute approximate surface area is 210 Å². The number of furan rings is 1. The molecule has 2 unspecified atom stereocenters. The van der Waals surface area contributed by atoms with Gasteiger partial charge in [-0.2, -0.15) is 0 Å². The van der Waals surface area contributed by atoms with Crippen molar-refractivity contribution in [2.75, 3.05) is 0 Å². The van der Waals surface area contributed by atoms with Crippen LogP contribution in [0.1, 0.15) is 46.7 Å². The SMILES string of the molecule is Cc1ccccc1C(NC(=O)Cc1ccc2oc(C(C)(O)c3ccccn3)cc2c1)c1ccccc1. The number of hydrogen-bond donors (Lipinski definition) is 2. The number of fused-ring (bicyclic) bond motifs is 1. The van der Waals surface area contributed by atoms with Gasteiger partial charge in [0.25, 0.3) is 0 Å². The van der Waals surface area contributed by atoms with Crippen LogP contribution in [0.4, 0.5) is 0 Å². The van der Waals surface area contributed by atoms with Crippen molar-refractivity contribution in [3.8, 4) is 0 Å². The Morgan fingerprint density at radius 2 is 1.72 bits per heavy atom. The summed E-state index contributed by atoms with van der Waals surface area (Å²) >= 11 is 0. The number of benzene rings is 3. The molecular weight excluding hydrogens is 448 g/mol. The van der Waals surface area contributed by atoms with E-state index in [0.29, 0.717) is 17.0 Å². The Morgan fingerprint density at radius 1 is 0.972 bits per heavy atom. The van der Waals surface area contributed by atoms with Gasteiger partial charge in [0, 0.05) is 11.6 Å². The van der Waals surface area contributed by atoms with Crippen molar-refractivity contribution in [1.29, 1.82) is 0 Å². The maximum Gasteiger partial charge on any atom is 0.225 e. The normalized spacial score (nSPS) is 13.8. The molecule has 2 aromatic heterocycles. The van der Waals surface area contributed by atoms with Crippen molar-refractivity contribution in [3.05, 3.63) is 137 Å². The summed E-state index contributed by atoms with van der Waals surface area (Å²) in [6, 6.07) is 30.7. The predicted molar refractivity (Wildman–Crippen MR) is 140 cm³/mol. The van der Waals surface area contributed by atoms with Gasteiger partial charge in [0.2, 0.25) is 5.91 Å². The van der Waals surface area contributed by atoms with Crippen LogP contribution in [0.3, 0.4) is 0 Å². The zero-order chi connectivity index (χ0) is 25.1. The fourth-order valence-electron chi connectivity index (χ4n) is 4.51. The molecule has 5 aromatic rings. The highest BCUT2D eigenvalue weighted by Gasteiger charge is 2.31. The van der Waals surface area contributed by atoms with E-state index in [1.165, 1.54) is 0 Å². The summed E-state index contributed by atoms with van der Waals surface area (Å²) < 4.78 is 5.95. The second-order valence-corrected chi connectivity index (χ2v) is 9.21. The number of hydrogen-bond acceptors (Lipinski definition) is 4. The van der Waals surface area contributed by atoms with Gasteiger partial charge in [-0.3, -0.25) is 9.78 Å². The van der Waals surface area contributed by atoms with Crippen LogP contribution in [0.2, 0.25) is 0 Å². The quantitative estimate of drug-likeness (QED) is 0.309. The third-order valence-electron chi connectivity index (χ3n) is 6.53. The number of amides is 1. The van der Waals surface area contributed by atoms with Gasteiger partial charge < -0.3 is 14.8 Å². The monoisotopic (exact) mass is 476 g/mol. The van der Waals surface area contributed by atoms with Crippen LogP contribution in [-0.2, 0) is 16.8 Å². The summed E-state index contributed by atoms with van der Waals surface area (Å²) in [7, 11) is 0. The number of rotatable bonds is 7. The van der Waals surface area contributed by atoms with Crippen molar-refractivity contribution in [2.24, 2.45) is 0 Å². The zero-order valence-corrected chi connectivity index (χ0v) is 20.3. The molecule has 0 spiro atoms. The number of aromatic nitrogens is 1. The fourth-order valence-corrected chi connectivity index (χ4v) is 4.51. The molecule has 0 aliphatic carbocycles. The number of pyridine rings is 1. The van der Waals surface area contributed by atoms with Crippen molar-refractivity contribution >= 4 is 16.9 Å². The van der Waals surface area contributed by atoms with Crippen LogP contribution in [0.5, 0.6) is 0 Å². The standard InChI is InChI=1S/C31H28N2O3/c1-21-10-6-7-13-25(21)30(23-11-4-3-5-12-23)33-29(34)19-22-15-16-26-24(18-22)20-28(36-26)31(2,35)27-14-8-9-17-32-27/h3-18,20,30,35H,19H2,1-2H3,(H,33,34). The van der Waals surface area contributed by atoms with Gasteiger partial charge in [0.1, 0.15) is 11.3 Å². The molecule has 180 valence electrons. The minimum Gasteiger partial charge on any atom is -0.458 e. The number of aryl methyl sites for hydroxylation is 1. The molecule has 0 saturated carbocycles. The molecule has 0 fully saturated rings. The van der Waals surface area contributed by atoms with E-state index >= 15 is 0 Å². The van der Waals surface area contributed by atoms with Crippen molar-refractivity contribution in [2.45, 2.75) is 31.9 Å². The van der Waals surface area contributed by atoms with E-state index in [2.05, 4.69) is 29.4 Å². The van der Waals surface area contributed by atoms with Crippen molar-refractivity contribution < 1.29 is 14.3 Å². The van der Waals surface area contributed by atoms with Gasteiger partial charge in [0.15, 0.2) is 5.60 Å². The summed E-state index contributed by atoms with van der Waals surface area (Å²) in [5, 5.41) is 15.1. The minimum absolute atomic E-state index is 0.0735. The van der Waals surface area contributed by atoms with Crippen LogP contribution in [0.15, 0.2) is 108 Å². The molecule has 3 aromatic carbocycles. The van der Waals surface area contributed by atoms with E-state index in [1.54, 1.807) is 25.3 Å². The van der Waals surface area contributed by atoms with Crippen LogP contribution in [0.25, 0.3) is 11.0 Å². The first-order valence-corrected chi connectivity index (χ1v) is 12.0. The van der Waals surface area contributed by atoms with Gasteiger partial charge in [0.05, 0.1) is 18.2 Å². The molecule has 2 N–H and O–H groups in total. The lowest BCUT2D eigenvalue weighted by atomic mass is 9.94. The number of carbonyl (C=O) groups excluding carboxylic acids is 1. The van der Waals surface area contributed by atoms with Gasteiger partial charge in [-0.05, 0) is 66.4 Å². The summed E-state index contributed by atoms with van der Waals surface area (Å²) in [5.41, 5.74) is 3.88. The van der Waals surface area contributed by atoms with E-state index in [1.807, 2.05) is 72.8 Å². The topological polar surface area (TPSA) is 75.4 Å². The first-order chi connectivity index (χ1) is 17.4. The van der Waals surface area contributed by atoms with Gasteiger partial charge in [-0.25, -0.2) is 0 Å². The largest absolute Gasteiger partial charge is 0.458 e. The summed E-state index contributed by atoms with van der Waals surface area (Å²) in [5.74, 6) is 0.331. The highest BCUT2D eigenvalue weighted by molar-refractivity contribution is 5.83. The van der Waals surface area contributed by atoms with Crippen LogP contribution in [-0.4, -0.2) is 16.0 Å². The van der Waals surface area contributed by atoms with Crippen molar-refractivity contribution in [1.82, 2.24) is 10.3 Å². The van der Waals surface area contributed by atoms with E-state index in [0.717, 1.165) is 27.6 Å². The first-order valence-electron chi connectivity index (χ1n) is 12.0. The third-order valence-corrected chi connectivity index (χ3v) is 6.53. The Kier molecular flexibility index (Phi) is 6.40. The molecule has 2 heterocycles. The summed E-state index contributed by atoms with van der Waals surface area (Å²) in [4.78, 5) is 17.5. The van der Waals surface area contributed by atoms with Crippen LogP contribution in [0, 0.1) is 6.92 Å². The lowest BCUT2D eigenvalue weighted by Gasteiger charge is -2.22. The fraction of sp³-hybridized carbons (Fsp3) is 0.161. The molecular formula is C31H28N2O3. The number of aliphatic hydroxyl groups is 1. The number of carbonyl (C=O) groups is 1. The molecule has 5 nitrogen and oxygen atoms in total. The summed E-state index contributed by atoms with van der Waals surface area (Å²) in [6.07, 6.45) is 1.87. The molecule has 0 aliphatic rings. The maximum atomic E-state index is 13.2. The molecule has 5 rings (SSSR count). The Balaban J connectivity index is 1.38. The maximum absolute atomic E-state index is 13.2. The molecule has 0 saturated heterocycles. The molecule has 0 bridgehead atoms. The highest BCUT2D eigenvalue weighted by Crippen LogP contribution is 2.33. The Hall–Kier alpha value is -4.22. The Bertz CT molecular complexity index is 1490. The van der Waals surface area contributed by atoms with Gasteiger partial charge in [-0.1, -0.05) is 66.7 Å². The lowest BCUT2D eigenvalue weighted by Crippen LogP contribution is -2.31.